The van der Waals surface area contributed by atoms with Crippen LogP contribution in [0.3, 0.4) is 0 Å². The van der Waals surface area contributed by atoms with Crippen molar-refractivity contribution < 1.29 is 0 Å². The van der Waals surface area contributed by atoms with Gasteiger partial charge in [-0.05, 0) is 8.55 Å². The molecule has 0 aromatic carbocycles. The van der Waals surface area contributed by atoms with Crippen molar-refractivity contribution in [2.24, 2.45) is 0 Å². The highest BCUT2D eigenvalue weighted by Crippen LogP contribution is 2.09. The van der Waals surface area contributed by atoms with Gasteiger partial charge in [0.2, 0.25) is 0 Å². The minimum Gasteiger partial charge on any atom is -0.0654 e. The summed E-state index contributed by atoms with van der Waals surface area (Å²) in [5, 5.41) is 0. The molecule has 0 saturated heterocycles. The molecule has 0 radical (unpaired) electrons. The standard InChI is InChI=1S/C18H44Si3/c1-3-5-7-9-11-13-15-17-19-21-20-18-16-14-12-10-8-6-4-2/h3-21H2,1-2H3. The first-order valence-electron chi connectivity index (χ1n) is 10.4. The van der Waals surface area contributed by atoms with Gasteiger partial charge in [0, 0.05) is 18.1 Å². The fourth-order valence-corrected chi connectivity index (χ4v) is 20.5. The molecule has 0 N–H and O–H groups in total. The molecule has 0 fully saturated rings. The lowest BCUT2D eigenvalue weighted by Crippen LogP contribution is -2.11. The van der Waals surface area contributed by atoms with Gasteiger partial charge in [-0.1, -0.05) is 116 Å². The summed E-state index contributed by atoms with van der Waals surface area (Å²) in [5.74, 6) is 0. The zero-order chi connectivity index (χ0) is 15.4. The van der Waals surface area contributed by atoms with Crippen LogP contribution in [0, 0.1) is 0 Å². The van der Waals surface area contributed by atoms with E-state index in [4.69, 9.17) is 0 Å². The average Bonchev–Trinajstić information content (AvgIpc) is 2.50. The Bertz CT molecular complexity index is 156. The lowest BCUT2D eigenvalue weighted by Gasteiger charge is -2.02. The third-order valence-electron chi connectivity index (χ3n) is 4.71. The maximum Gasteiger partial charge on any atom is 0.00493 e. The number of hydrogen-bond acceptors (Lipinski definition) is 0. The molecule has 21 heavy (non-hydrogen) atoms. The van der Waals surface area contributed by atoms with Gasteiger partial charge in [-0.15, -0.1) is 0 Å². The van der Waals surface area contributed by atoms with Crippen molar-refractivity contribution in [1.29, 1.82) is 0 Å². The first-order valence-corrected chi connectivity index (χ1v) is 20.4. The molecule has 0 aromatic rings. The van der Waals surface area contributed by atoms with Gasteiger partial charge < -0.3 is 0 Å². The second-order valence-electron chi connectivity index (χ2n) is 7.01. The van der Waals surface area contributed by atoms with E-state index in [1.165, 1.54) is 64.2 Å². The van der Waals surface area contributed by atoms with Crippen molar-refractivity contribution in [3.05, 3.63) is 0 Å². The van der Waals surface area contributed by atoms with E-state index in [1.54, 1.807) is 37.8 Å². The van der Waals surface area contributed by atoms with E-state index in [2.05, 4.69) is 13.8 Å². The Morgan fingerprint density at radius 2 is 0.762 bits per heavy atom. The van der Waals surface area contributed by atoms with Gasteiger partial charge in [0.05, 0.1) is 0 Å². The molecule has 0 saturated carbocycles. The molecule has 0 unspecified atom stereocenters. The fraction of sp³-hybridized carbons (Fsp3) is 1.00. The van der Waals surface area contributed by atoms with E-state index >= 15 is 0 Å². The van der Waals surface area contributed by atoms with E-state index in [9.17, 15) is 0 Å². The minimum atomic E-state index is 0.517. The van der Waals surface area contributed by atoms with Gasteiger partial charge in [0.1, 0.15) is 0 Å². The predicted octanol–water partition coefficient (Wildman–Crippen LogP) is 4.66. The molecule has 0 aliphatic rings. The minimum absolute atomic E-state index is 0.517. The summed E-state index contributed by atoms with van der Waals surface area (Å²) in [5.41, 5.74) is 0. The van der Waals surface area contributed by atoms with Crippen molar-refractivity contribution in [2.45, 2.75) is 116 Å². The third-order valence-corrected chi connectivity index (χ3v) is 22.7. The summed E-state index contributed by atoms with van der Waals surface area (Å²) in [6.07, 6.45) is 21.1. The zero-order valence-electron chi connectivity index (χ0n) is 15.4. The highest BCUT2D eigenvalue weighted by Gasteiger charge is 1.95. The highest BCUT2D eigenvalue weighted by atomic mass is 29.5. The van der Waals surface area contributed by atoms with Crippen LogP contribution in [0.5, 0.6) is 0 Å². The fourth-order valence-electron chi connectivity index (χ4n) is 3.15. The van der Waals surface area contributed by atoms with Crippen molar-refractivity contribution in [1.82, 2.24) is 0 Å². The van der Waals surface area contributed by atoms with Gasteiger partial charge in [0.15, 0.2) is 0 Å². The molecule has 0 amide bonds. The summed E-state index contributed by atoms with van der Waals surface area (Å²) in [6.45, 7) is 4.62. The van der Waals surface area contributed by atoms with Crippen LogP contribution in [-0.2, 0) is 0 Å². The van der Waals surface area contributed by atoms with Crippen LogP contribution in [-0.4, -0.2) is 26.6 Å². The highest BCUT2D eigenvalue weighted by molar-refractivity contribution is 7.29. The van der Waals surface area contributed by atoms with E-state index in [-0.39, 0.29) is 0 Å². The molecule has 0 spiro atoms. The molecule has 0 aliphatic carbocycles. The average molecular weight is 345 g/mol. The lowest BCUT2D eigenvalue weighted by molar-refractivity contribution is 0.601. The van der Waals surface area contributed by atoms with Crippen LogP contribution in [0.15, 0.2) is 0 Å². The van der Waals surface area contributed by atoms with E-state index in [0.29, 0.717) is 26.6 Å². The number of hydrogen-bond donors (Lipinski definition) is 0. The molecule has 0 heterocycles. The quantitative estimate of drug-likeness (QED) is 0.250. The molecular formula is C18H44Si3. The van der Waals surface area contributed by atoms with Gasteiger partial charge in [-0.3, -0.25) is 0 Å². The Kier molecular flexibility index (Phi) is 21.3. The Morgan fingerprint density at radius 3 is 1.14 bits per heavy atom. The summed E-state index contributed by atoms with van der Waals surface area (Å²) in [7, 11) is 1.63. The summed E-state index contributed by atoms with van der Waals surface area (Å²) in [6, 6.07) is 3.45. The van der Waals surface area contributed by atoms with E-state index in [0.717, 1.165) is 0 Å². The van der Waals surface area contributed by atoms with Crippen molar-refractivity contribution >= 4 is 26.6 Å². The van der Waals surface area contributed by atoms with Gasteiger partial charge in [-0.2, -0.15) is 0 Å². The smallest absolute Gasteiger partial charge is 0.00493 e. The molecule has 0 atom stereocenters. The summed E-state index contributed by atoms with van der Waals surface area (Å²) >= 11 is 0. The topological polar surface area (TPSA) is 0 Å². The van der Waals surface area contributed by atoms with Gasteiger partial charge in [0.25, 0.3) is 0 Å². The molecule has 128 valence electrons. The first-order chi connectivity index (χ1) is 10.4. The van der Waals surface area contributed by atoms with Crippen LogP contribution >= 0.6 is 0 Å². The second-order valence-corrected chi connectivity index (χ2v) is 23.3. The molecule has 0 rings (SSSR count). The summed E-state index contributed by atoms with van der Waals surface area (Å²) < 4.78 is 0. The number of rotatable bonds is 18. The van der Waals surface area contributed by atoms with Crippen LogP contribution in [0.25, 0.3) is 0 Å². The molecule has 0 aromatic heterocycles. The first kappa shape index (κ1) is 21.7. The van der Waals surface area contributed by atoms with Crippen LogP contribution < -0.4 is 0 Å². The maximum absolute atomic E-state index is 2.31. The summed E-state index contributed by atoms with van der Waals surface area (Å²) in [4.78, 5) is 0. The lowest BCUT2D eigenvalue weighted by atomic mass is 10.1. The van der Waals surface area contributed by atoms with Crippen molar-refractivity contribution in [3.63, 3.8) is 0 Å². The Labute approximate surface area is 142 Å². The molecule has 3 heteroatoms. The second kappa shape index (κ2) is 20.7. The molecule has 0 aliphatic heterocycles. The normalized spacial score (nSPS) is 12.9. The Hall–Kier alpha value is 0.651. The molecule has 0 bridgehead atoms. The van der Waals surface area contributed by atoms with Gasteiger partial charge >= 0.3 is 0 Å². The van der Waals surface area contributed by atoms with Crippen LogP contribution in [0.1, 0.15) is 104 Å². The van der Waals surface area contributed by atoms with Crippen molar-refractivity contribution in [2.75, 3.05) is 0 Å². The Balaban J connectivity index is 2.90. The largest absolute Gasteiger partial charge is 0.0654 e. The SMILES string of the molecule is CCCCCCCCC[SiH2][SiH2][SiH2]CCCCCCCCC. The zero-order valence-corrected chi connectivity index (χ0v) is 19.7. The van der Waals surface area contributed by atoms with Gasteiger partial charge in [-0.25, -0.2) is 0 Å². The molecule has 0 nitrogen and oxygen atoms in total. The van der Waals surface area contributed by atoms with E-state index < -0.39 is 0 Å². The predicted molar refractivity (Wildman–Crippen MR) is 111 cm³/mol. The Morgan fingerprint density at radius 1 is 0.429 bits per heavy atom. The number of unbranched alkanes of at least 4 members (excludes halogenated alkanes) is 12. The van der Waals surface area contributed by atoms with Crippen molar-refractivity contribution in [3.8, 4) is 0 Å². The van der Waals surface area contributed by atoms with E-state index in [1.807, 2.05) is 0 Å². The third kappa shape index (κ3) is 20.7. The van der Waals surface area contributed by atoms with Crippen LogP contribution in [0.2, 0.25) is 12.1 Å². The molecular weight excluding hydrogens is 300 g/mol. The van der Waals surface area contributed by atoms with Crippen LogP contribution in [0.4, 0.5) is 0 Å². The monoisotopic (exact) mass is 344 g/mol. The maximum atomic E-state index is 2.31.